The smallest absolute Gasteiger partial charge is 0.243 e. The highest BCUT2D eigenvalue weighted by Crippen LogP contribution is 2.19. The van der Waals surface area contributed by atoms with Gasteiger partial charge >= 0.3 is 0 Å². The van der Waals surface area contributed by atoms with Crippen molar-refractivity contribution in [2.24, 2.45) is 0 Å². The Kier molecular flexibility index (Phi) is 5.41. The molecular formula is C16H14F3N3O2. The van der Waals surface area contributed by atoms with E-state index in [2.05, 4.69) is 16.0 Å². The summed E-state index contributed by atoms with van der Waals surface area (Å²) >= 11 is 0. The van der Waals surface area contributed by atoms with Gasteiger partial charge in [-0.1, -0.05) is 0 Å². The van der Waals surface area contributed by atoms with Gasteiger partial charge in [-0.25, -0.2) is 13.2 Å². The molecule has 5 nitrogen and oxygen atoms in total. The monoisotopic (exact) mass is 337 g/mol. The van der Waals surface area contributed by atoms with Crippen molar-refractivity contribution < 1.29 is 22.8 Å². The lowest BCUT2D eigenvalue weighted by molar-refractivity contribution is -0.115. The molecule has 2 aromatic rings. The largest absolute Gasteiger partial charge is 0.376 e. The fourth-order valence-electron chi connectivity index (χ4n) is 1.88. The van der Waals surface area contributed by atoms with E-state index < -0.39 is 29.3 Å². The number of nitrogens with one attached hydrogen (secondary N) is 3. The maximum absolute atomic E-state index is 13.5. The van der Waals surface area contributed by atoms with Crippen molar-refractivity contribution >= 4 is 28.9 Å². The first kappa shape index (κ1) is 17.3. The minimum absolute atomic E-state index is 0.0199. The molecule has 2 aromatic carbocycles. The van der Waals surface area contributed by atoms with Crippen LogP contribution in [-0.2, 0) is 9.59 Å². The van der Waals surface area contributed by atoms with Crippen LogP contribution in [0.15, 0.2) is 36.4 Å². The standard InChI is InChI=1S/C16H14F3N3O2/c1-9(23)21-15-7-10(2-5-13(15)18)20-8-16(24)22-11-3-4-12(17)14(19)6-11/h2-7,20H,8H2,1H3,(H,21,23)(H,22,24). The predicted octanol–water partition coefficient (Wildman–Crippen LogP) is 3.11. The summed E-state index contributed by atoms with van der Waals surface area (Å²) in [5.74, 6) is -3.63. The van der Waals surface area contributed by atoms with Gasteiger partial charge < -0.3 is 16.0 Å². The Bertz CT molecular complexity index is 781. The fraction of sp³-hybridized carbons (Fsp3) is 0.125. The summed E-state index contributed by atoms with van der Waals surface area (Å²) in [5.41, 5.74) is 0.493. The van der Waals surface area contributed by atoms with E-state index in [1.165, 1.54) is 25.1 Å². The molecule has 2 rings (SSSR count). The van der Waals surface area contributed by atoms with Crippen LogP contribution in [0.2, 0.25) is 0 Å². The van der Waals surface area contributed by atoms with E-state index >= 15 is 0 Å². The molecule has 0 radical (unpaired) electrons. The first-order valence-electron chi connectivity index (χ1n) is 6.91. The van der Waals surface area contributed by atoms with Gasteiger partial charge in [0.05, 0.1) is 12.2 Å². The number of carbonyl (C=O) groups excluding carboxylic acids is 2. The third kappa shape index (κ3) is 4.73. The van der Waals surface area contributed by atoms with Crippen molar-refractivity contribution in [2.45, 2.75) is 6.92 Å². The van der Waals surface area contributed by atoms with Crippen LogP contribution in [-0.4, -0.2) is 18.4 Å². The van der Waals surface area contributed by atoms with Crippen LogP contribution in [0.5, 0.6) is 0 Å². The van der Waals surface area contributed by atoms with Gasteiger partial charge in [-0.05, 0) is 30.3 Å². The molecule has 0 spiro atoms. The van der Waals surface area contributed by atoms with Gasteiger partial charge in [0.2, 0.25) is 11.8 Å². The molecule has 0 unspecified atom stereocenters. The molecule has 24 heavy (non-hydrogen) atoms. The number of anilines is 3. The number of hydrogen-bond acceptors (Lipinski definition) is 3. The van der Waals surface area contributed by atoms with Crippen LogP contribution in [0.25, 0.3) is 0 Å². The number of rotatable bonds is 5. The van der Waals surface area contributed by atoms with E-state index in [4.69, 9.17) is 0 Å². The maximum Gasteiger partial charge on any atom is 0.243 e. The van der Waals surface area contributed by atoms with E-state index in [9.17, 15) is 22.8 Å². The van der Waals surface area contributed by atoms with Crippen molar-refractivity contribution in [1.29, 1.82) is 0 Å². The van der Waals surface area contributed by atoms with Gasteiger partial charge in [-0.15, -0.1) is 0 Å². The summed E-state index contributed by atoms with van der Waals surface area (Å²) < 4.78 is 39.4. The molecule has 0 atom stereocenters. The zero-order valence-electron chi connectivity index (χ0n) is 12.6. The SMILES string of the molecule is CC(=O)Nc1cc(NCC(=O)Nc2ccc(F)c(F)c2)ccc1F. The van der Waals surface area contributed by atoms with Crippen molar-refractivity contribution in [3.8, 4) is 0 Å². The second-order valence-corrected chi connectivity index (χ2v) is 4.91. The number of benzene rings is 2. The highest BCUT2D eigenvalue weighted by atomic mass is 19.2. The number of carbonyl (C=O) groups is 2. The average molecular weight is 337 g/mol. The molecule has 8 heteroatoms. The number of halogens is 3. The van der Waals surface area contributed by atoms with Crippen LogP contribution in [0, 0.1) is 17.5 Å². The quantitative estimate of drug-likeness (QED) is 0.785. The lowest BCUT2D eigenvalue weighted by atomic mass is 10.2. The van der Waals surface area contributed by atoms with Gasteiger partial charge in [0.1, 0.15) is 5.82 Å². The molecule has 0 bridgehead atoms. The first-order valence-corrected chi connectivity index (χ1v) is 6.91. The van der Waals surface area contributed by atoms with Gasteiger partial charge in [0, 0.05) is 24.4 Å². The summed E-state index contributed by atoms with van der Waals surface area (Å²) in [5, 5.41) is 7.44. The van der Waals surface area contributed by atoms with E-state index in [1.807, 2.05) is 0 Å². The Morgan fingerprint density at radius 1 is 0.875 bits per heavy atom. The van der Waals surface area contributed by atoms with E-state index in [0.717, 1.165) is 18.2 Å². The van der Waals surface area contributed by atoms with Crippen molar-refractivity contribution in [2.75, 3.05) is 22.5 Å². The molecule has 2 amide bonds. The van der Waals surface area contributed by atoms with Gasteiger partial charge in [0.15, 0.2) is 11.6 Å². The lowest BCUT2D eigenvalue weighted by Gasteiger charge is -2.10. The predicted molar refractivity (Wildman–Crippen MR) is 84.2 cm³/mol. The molecule has 0 aliphatic carbocycles. The van der Waals surface area contributed by atoms with Crippen LogP contribution in [0.3, 0.4) is 0 Å². The topological polar surface area (TPSA) is 70.2 Å². The number of amides is 2. The van der Waals surface area contributed by atoms with Crippen LogP contribution in [0.4, 0.5) is 30.2 Å². The van der Waals surface area contributed by atoms with Gasteiger partial charge in [0.25, 0.3) is 0 Å². The summed E-state index contributed by atoms with van der Waals surface area (Å²) in [6.45, 7) is 1.05. The Labute approximate surface area is 135 Å². The van der Waals surface area contributed by atoms with Crippen molar-refractivity contribution in [3.05, 3.63) is 53.8 Å². The second kappa shape index (κ2) is 7.49. The lowest BCUT2D eigenvalue weighted by Crippen LogP contribution is -2.22. The third-order valence-electron chi connectivity index (χ3n) is 2.93. The zero-order valence-corrected chi connectivity index (χ0v) is 12.6. The second-order valence-electron chi connectivity index (χ2n) is 4.91. The minimum Gasteiger partial charge on any atom is -0.376 e. The Morgan fingerprint density at radius 3 is 2.21 bits per heavy atom. The molecule has 0 heterocycles. The minimum atomic E-state index is -1.07. The van der Waals surface area contributed by atoms with E-state index in [0.29, 0.717) is 5.69 Å². The van der Waals surface area contributed by atoms with E-state index in [1.54, 1.807) is 0 Å². The molecular weight excluding hydrogens is 323 g/mol. The molecule has 0 fully saturated rings. The molecule has 0 aliphatic rings. The number of hydrogen-bond donors (Lipinski definition) is 3. The van der Waals surface area contributed by atoms with Crippen LogP contribution in [0.1, 0.15) is 6.92 Å². The molecule has 0 saturated heterocycles. The Morgan fingerprint density at radius 2 is 1.54 bits per heavy atom. The highest BCUT2D eigenvalue weighted by molar-refractivity contribution is 5.94. The summed E-state index contributed by atoms with van der Waals surface area (Å²) in [6.07, 6.45) is 0. The normalized spacial score (nSPS) is 10.2. The van der Waals surface area contributed by atoms with Gasteiger partial charge in [-0.2, -0.15) is 0 Å². The molecule has 0 aromatic heterocycles. The maximum atomic E-state index is 13.5. The first-order chi connectivity index (χ1) is 11.3. The highest BCUT2D eigenvalue weighted by Gasteiger charge is 2.08. The molecule has 0 saturated carbocycles. The molecule has 3 N–H and O–H groups in total. The Hall–Kier alpha value is -3.03. The van der Waals surface area contributed by atoms with Crippen molar-refractivity contribution in [3.63, 3.8) is 0 Å². The zero-order chi connectivity index (χ0) is 17.7. The summed E-state index contributed by atoms with van der Waals surface area (Å²) in [6, 6.07) is 6.86. The summed E-state index contributed by atoms with van der Waals surface area (Å²) in [4.78, 5) is 22.8. The molecule has 126 valence electrons. The average Bonchev–Trinajstić information content (AvgIpc) is 2.51. The molecule has 0 aliphatic heterocycles. The fourth-order valence-corrected chi connectivity index (χ4v) is 1.88. The van der Waals surface area contributed by atoms with Gasteiger partial charge in [-0.3, -0.25) is 9.59 Å². The Balaban J connectivity index is 1.96. The van der Waals surface area contributed by atoms with E-state index in [-0.39, 0.29) is 17.9 Å². The third-order valence-corrected chi connectivity index (χ3v) is 2.93. The van der Waals surface area contributed by atoms with Crippen LogP contribution < -0.4 is 16.0 Å². The van der Waals surface area contributed by atoms with Crippen LogP contribution >= 0.6 is 0 Å². The van der Waals surface area contributed by atoms with Crippen molar-refractivity contribution in [1.82, 2.24) is 0 Å². The summed E-state index contributed by atoms with van der Waals surface area (Å²) in [7, 11) is 0.